The maximum absolute atomic E-state index is 13.3. The molecule has 3 heterocycles. The second-order valence-corrected chi connectivity index (χ2v) is 7.07. The lowest BCUT2D eigenvalue weighted by molar-refractivity contribution is -0.137. The summed E-state index contributed by atoms with van der Waals surface area (Å²) in [5.74, 6) is -0.286. The van der Waals surface area contributed by atoms with Crippen LogP contribution in [0.25, 0.3) is 11.0 Å². The molecule has 30 heavy (non-hydrogen) atoms. The number of alkyl halides is 3. The number of carbonyl (C=O) groups is 1. The Morgan fingerprint density at radius 3 is 2.53 bits per heavy atom. The van der Waals surface area contributed by atoms with E-state index < -0.39 is 11.7 Å². The third-order valence-electron chi connectivity index (χ3n) is 5.21. The van der Waals surface area contributed by atoms with Gasteiger partial charge in [0.2, 0.25) is 5.91 Å². The molecule has 0 radical (unpaired) electrons. The van der Waals surface area contributed by atoms with E-state index in [0.29, 0.717) is 11.0 Å². The average molecular weight is 420 g/mol. The fourth-order valence-corrected chi connectivity index (χ4v) is 3.61. The van der Waals surface area contributed by atoms with E-state index in [-0.39, 0.29) is 49.9 Å². The van der Waals surface area contributed by atoms with Crippen LogP contribution in [0.1, 0.15) is 5.56 Å². The van der Waals surface area contributed by atoms with Gasteiger partial charge < -0.3 is 9.80 Å². The van der Waals surface area contributed by atoms with Gasteiger partial charge in [0.15, 0.2) is 5.65 Å². The van der Waals surface area contributed by atoms with Crippen molar-refractivity contribution in [2.45, 2.75) is 12.7 Å². The van der Waals surface area contributed by atoms with Gasteiger partial charge in [-0.3, -0.25) is 18.8 Å². The Labute approximate surface area is 169 Å². The standard InChI is InChI=1S/C19H19F3N6O2/c1-25-17-13(10-24-25)18(30)28(12-23-17)11-16(29)27-8-6-26(7-9-27)15-5-3-2-4-14(15)19(20,21)22/h2-5,10,12H,6-9,11H2,1H3. The highest BCUT2D eigenvalue weighted by Crippen LogP contribution is 2.36. The number of carbonyl (C=O) groups excluding carboxylic acids is 1. The van der Waals surface area contributed by atoms with E-state index in [0.717, 1.165) is 6.07 Å². The Morgan fingerprint density at radius 1 is 1.13 bits per heavy atom. The van der Waals surface area contributed by atoms with Crippen LogP contribution >= 0.6 is 0 Å². The lowest BCUT2D eigenvalue weighted by atomic mass is 10.1. The quantitative estimate of drug-likeness (QED) is 0.642. The Bertz CT molecular complexity index is 1150. The van der Waals surface area contributed by atoms with Gasteiger partial charge in [-0.1, -0.05) is 12.1 Å². The normalized spacial score (nSPS) is 15.1. The second-order valence-electron chi connectivity index (χ2n) is 7.07. The first-order valence-corrected chi connectivity index (χ1v) is 9.32. The molecule has 1 saturated heterocycles. The van der Waals surface area contributed by atoms with Gasteiger partial charge in [0.1, 0.15) is 18.3 Å². The molecular weight excluding hydrogens is 401 g/mol. The Balaban J connectivity index is 1.45. The number of halogens is 3. The molecule has 1 aromatic carbocycles. The maximum Gasteiger partial charge on any atom is 0.418 e. The molecular formula is C19H19F3N6O2. The predicted octanol–water partition coefficient (Wildman–Crippen LogP) is 1.50. The van der Waals surface area contributed by atoms with Crippen molar-refractivity contribution in [3.8, 4) is 0 Å². The number of para-hydroxylation sites is 1. The maximum atomic E-state index is 13.3. The summed E-state index contributed by atoms with van der Waals surface area (Å²) in [4.78, 5) is 32.5. The zero-order valence-corrected chi connectivity index (χ0v) is 16.1. The van der Waals surface area contributed by atoms with Crippen molar-refractivity contribution in [2.24, 2.45) is 7.05 Å². The molecule has 0 spiro atoms. The Hall–Kier alpha value is -3.37. The number of piperazine rings is 1. The highest BCUT2D eigenvalue weighted by Gasteiger charge is 2.35. The largest absolute Gasteiger partial charge is 0.418 e. The van der Waals surface area contributed by atoms with Crippen LogP contribution < -0.4 is 10.5 Å². The number of rotatable bonds is 3. The molecule has 0 unspecified atom stereocenters. The van der Waals surface area contributed by atoms with Crippen LogP contribution in [0, 0.1) is 0 Å². The first-order valence-electron chi connectivity index (χ1n) is 9.32. The fraction of sp³-hybridized carbons (Fsp3) is 0.368. The molecule has 0 atom stereocenters. The minimum absolute atomic E-state index is 0.111. The van der Waals surface area contributed by atoms with Gasteiger partial charge >= 0.3 is 6.18 Å². The molecule has 3 aromatic rings. The van der Waals surface area contributed by atoms with Gasteiger partial charge in [-0.05, 0) is 12.1 Å². The summed E-state index contributed by atoms with van der Waals surface area (Å²) >= 11 is 0. The minimum Gasteiger partial charge on any atom is -0.367 e. The van der Waals surface area contributed by atoms with Gasteiger partial charge in [0.05, 0.1) is 11.8 Å². The van der Waals surface area contributed by atoms with E-state index in [1.807, 2.05) is 0 Å². The van der Waals surface area contributed by atoms with Crippen LogP contribution in [0.5, 0.6) is 0 Å². The van der Waals surface area contributed by atoms with E-state index in [9.17, 15) is 22.8 Å². The van der Waals surface area contributed by atoms with Crippen molar-refractivity contribution < 1.29 is 18.0 Å². The predicted molar refractivity (Wildman–Crippen MR) is 103 cm³/mol. The van der Waals surface area contributed by atoms with Gasteiger partial charge in [-0.2, -0.15) is 18.3 Å². The van der Waals surface area contributed by atoms with Crippen molar-refractivity contribution in [1.29, 1.82) is 0 Å². The summed E-state index contributed by atoms with van der Waals surface area (Å²) < 4.78 is 42.5. The molecule has 8 nitrogen and oxygen atoms in total. The molecule has 0 bridgehead atoms. The van der Waals surface area contributed by atoms with Crippen LogP contribution in [0.4, 0.5) is 18.9 Å². The van der Waals surface area contributed by atoms with Crippen molar-refractivity contribution in [3.63, 3.8) is 0 Å². The lowest BCUT2D eigenvalue weighted by Crippen LogP contribution is -2.50. The molecule has 11 heteroatoms. The molecule has 158 valence electrons. The van der Waals surface area contributed by atoms with Crippen LogP contribution in [-0.2, 0) is 24.6 Å². The highest BCUT2D eigenvalue weighted by atomic mass is 19.4. The summed E-state index contributed by atoms with van der Waals surface area (Å²) in [7, 11) is 1.67. The SMILES string of the molecule is Cn1ncc2c(=O)n(CC(=O)N3CCN(c4ccccc4C(F)(F)F)CC3)cnc21. The molecule has 1 aliphatic rings. The van der Waals surface area contributed by atoms with E-state index >= 15 is 0 Å². The smallest absolute Gasteiger partial charge is 0.367 e. The summed E-state index contributed by atoms with van der Waals surface area (Å²) in [6, 6.07) is 5.42. The monoisotopic (exact) mass is 420 g/mol. The van der Waals surface area contributed by atoms with Gasteiger partial charge in [0.25, 0.3) is 5.56 Å². The molecule has 2 aromatic heterocycles. The zero-order chi connectivity index (χ0) is 21.5. The first-order chi connectivity index (χ1) is 14.3. The molecule has 1 amide bonds. The minimum atomic E-state index is -4.44. The third kappa shape index (κ3) is 3.62. The van der Waals surface area contributed by atoms with Gasteiger partial charge in [-0.15, -0.1) is 0 Å². The van der Waals surface area contributed by atoms with Crippen molar-refractivity contribution in [1.82, 2.24) is 24.2 Å². The van der Waals surface area contributed by atoms with Crippen LogP contribution in [0.3, 0.4) is 0 Å². The molecule has 0 aliphatic carbocycles. The first kappa shape index (κ1) is 19.9. The van der Waals surface area contributed by atoms with Gasteiger partial charge in [-0.25, -0.2) is 4.98 Å². The van der Waals surface area contributed by atoms with Crippen LogP contribution in [-0.4, -0.2) is 56.3 Å². The van der Waals surface area contributed by atoms with E-state index in [1.54, 1.807) is 22.9 Å². The van der Waals surface area contributed by atoms with Crippen LogP contribution in [0.15, 0.2) is 41.6 Å². The van der Waals surface area contributed by atoms with Crippen molar-refractivity contribution in [2.75, 3.05) is 31.1 Å². The second kappa shape index (κ2) is 7.47. The van der Waals surface area contributed by atoms with Crippen LogP contribution in [0.2, 0.25) is 0 Å². The average Bonchev–Trinajstić information content (AvgIpc) is 3.11. The molecule has 1 aliphatic heterocycles. The summed E-state index contributed by atoms with van der Waals surface area (Å²) in [5, 5.41) is 4.31. The fourth-order valence-electron chi connectivity index (χ4n) is 3.61. The number of fused-ring (bicyclic) bond motifs is 1. The number of hydrogen-bond donors (Lipinski definition) is 0. The number of aryl methyl sites for hydroxylation is 1. The molecule has 0 saturated carbocycles. The highest BCUT2D eigenvalue weighted by molar-refractivity contribution is 5.77. The Morgan fingerprint density at radius 2 is 1.83 bits per heavy atom. The van der Waals surface area contributed by atoms with E-state index in [4.69, 9.17) is 0 Å². The third-order valence-corrected chi connectivity index (χ3v) is 5.21. The molecule has 4 rings (SSSR count). The lowest BCUT2D eigenvalue weighted by Gasteiger charge is -2.37. The summed E-state index contributed by atoms with van der Waals surface area (Å²) in [5.41, 5.74) is -0.508. The molecule has 0 N–H and O–H groups in total. The number of amides is 1. The zero-order valence-electron chi connectivity index (χ0n) is 16.1. The van der Waals surface area contributed by atoms with E-state index in [2.05, 4.69) is 10.1 Å². The number of hydrogen-bond acceptors (Lipinski definition) is 5. The van der Waals surface area contributed by atoms with E-state index in [1.165, 1.54) is 33.9 Å². The number of aromatic nitrogens is 4. The summed E-state index contributed by atoms with van der Waals surface area (Å²) in [6.45, 7) is 0.891. The Kier molecular flexibility index (Phi) is 4.96. The number of anilines is 1. The van der Waals surface area contributed by atoms with Crippen molar-refractivity contribution >= 4 is 22.6 Å². The van der Waals surface area contributed by atoms with Gasteiger partial charge in [0, 0.05) is 38.9 Å². The van der Waals surface area contributed by atoms with Crippen molar-refractivity contribution in [3.05, 3.63) is 52.7 Å². The molecule has 1 fully saturated rings. The topological polar surface area (TPSA) is 76.3 Å². The number of benzene rings is 1. The summed E-state index contributed by atoms with van der Waals surface area (Å²) in [6.07, 6.45) is -1.73. The number of nitrogens with zero attached hydrogens (tertiary/aromatic N) is 6.